The number of aryl methyl sites for hydroxylation is 2. The maximum Gasteiger partial charge on any atom is 0.184 e. The van der Waals surface area contributed by atoms with Crippen LogP contribution < -0.4 is 0 Å². The summed E-state index contributed by atoms with van der Waals surface area (Å²) in [5.74, 6) is 0.281. The van der Waals surface area contributed by atoms with E-state index in [1.54, 1.807) is 4.57 Å². The molecule has 0 saturated heterocycles. The maximum atomic E-state index is 14.0. The van der Waals surface area contributed by atoms with E-state index in [-0.39, 0.29) is 5.52 Å². The van der Waals surface area contributed by atoms with Crippen LogP contribution in [-0.4, -0.2) is 15.4 Å². The molecule has 1 aliphatic carbocycles. The number of fused-ring (bicyclic) bond motifs is 1. The number of alkyl halides is 1. The van der Waals surface area contributed by atoms with Crippen molar-refractivity contribution in [3.63, 3.8) is 0 Å². The number of halogens is 3. The van der Waals surface area contributed by atoms with Gasteiger partial charge in [0.05, 0.1) is 5.52 Å². The Hall–Kier alpha value is -1.16. The first kappa shape index (κ1) is 12.9. The smallest absolute Gasteiger partial charge is 0.184 e. The predicted molar refractivity (Wildman–Crippen MR) is 71.4 cm³/mol. The van der Waals surface area contributed by atoms with Crippen molar-refractivity contribution in [1.82, 2.24) is 9.55 Å². The molecule has 2 nitrogen and oxygen atoms in total. The van der Waals surface area contributed by atoms with E-state index in [0.717, 1.165) is 24.2 Å². The first-order valence-corrected chi connectivity index (χ1v) is 7.13. The minimum absolute atomic E-state index is 0.278. The normalized spacial score (nSPS) is 15.3. The molecular weight excluding hydrogens is 270 g/mol. The van der Waals surface area contributed by atoms with Crippen molar-refractivity contribution in [3.8, 4) is 0 Å². The molecule has 0 atom stereocenters. The van der Waals surface area contributed by atoms with E-state index in [9.17, 15) is 8.78 Å². The lowest BCUT2D eigenvalue weighted by Crippen LogP contribution is -2.06. The fourth-order valence-corrected chi connectivity index (χ4v) is 2.61. The molecule has 0 bridgehead atoms. The van der Waals surface area contributed by atoms with E-state index >= 15 is 0 Å². The van der Waals surface area contributed by atoms with Gasteiger partial charge in [0.2, 0.25) is 0 Å². The number of rotatable bonds is 5. The molecule has 5 heteroatoms. The van der Waals surface area contributed by atoms with Crippen molar-refractivity contribution in [2.75, 3.05) is 5.88 Å². The van der Waals surface area contributed by atoms with E-state index < -0.39 is 11.6 Å². The Labute approximate surface area is 115 Å². The van der Waals surface area contributed by atoms with Gasteiger partial charge in [-0.3, -0.25) is 0 Å². The molecular formula is C14H15ClF2N2. The molecule has 3 rings (SSSR count). The number of hydrogen-bond donors (Lipinski definition) is 0. The van der Waals surface area contributed by atoms with Gasteiger partial charge in [0, 0.05) is 18.8 Å². The van der Waals surface area contributed by atoms with Crippen LogP contribution >= 0.6 is 11.6 Å². The summed E-state index contributed by atoms with van der Waals surface area (Å²) in [5, 5.41) is 0. The minimum atomic E-state index is -0.822. The molecule has 1 aromatic heterocycles. The van der Waals surface area contributed by atoms with Crippen LogP contribution in [0.1, 0.15) is 25.1 Å². The topological polar surface area (TPSA) is 17.8 Å². The summed E-state index contributed by atoms with van der Waals surface area (Å²) in [6.45, 7) is 0.688. The molecule has 1 fully saturated rings. The van der Waals surface area contributed by atoms with Crippen LogP contribution in [0.15, 0.2) is 12.1 Å². The maximum absolute atomic E-state index is 14.0. The van der Waals surface area contributed by atoms with Crippen LogP contribution in [0.2, 0.25) is 0 Å². The lowest BCUT2D eigenvalue weighted by molar-refractivity contribution is 0.506. The second-order valence-corrected chi connectivity index (χ2v) is 5.46. The Kier molecular flexibility index (Phi) is 3.44. The van der Waals surface area contributed by atoms with Gasteiger partial charge < -0.3 is 4.57 Å². The highest BCUT2D eigenvalue weighted by atomic mass is 35.5. The van der Waals surface area contributed by atoms with Crippen molar-refractivity contribution in [1.29, 1.82) is 0 Å². The summed E-state index contributed by atoms with van der Waals surface area (Å²) in [4.78, 5) is 4.37. The van der Waals surface area contributed by atoms with E-state index in [2.05, 4.69) is 4.98 Å². The third-order valence-electron chi connectivity index (χ3n) is 3.65. The van der Waals surface area contributed by atoms with Crippen LogP contribution in [0.25, 0.3) is 11.0 Å². The summed E-state index contributed by atoms with van der Waals surface area (Å²) in [6.07, 6.45) is 4.06. The Morgan fingerprint density at radius 2 is 2.11 bits per heavy atom. The van der Waals surface area contributed by atoms with Gasteiger partial charge in [0.1, 0.15) is 11.3 Å². The van der Waals surface area contributed by atoms with Crippen molar-refractivity contribution < 1.29 is 8.78 Å². The molecule has 0 N–H and O–H groups in total. The molecule has 19 heavy (non-hydrogen) atoms. The number of aromatic nitrogens is 2. The third kappa shape index (κ3) is 2.46. The van der Waals surface area contributed by atoms with Gasteiger partial charge in [-0.25, -0.2) is 13.8 Å². The van der Waals surface area contributed by atoms with Crippen molar-refractivity contribution >= 4 is 22.6 Å². The molecule has 0 amide bonds. The molecule has 2 aromatic rings. The standard InChI is InChI=1S/C14H15ClF2N2/c15-7-5-12-18-11-4-3-10(16)13(17)14(11)19(12)8-6-9-1-2-9/h3-4,9H,1-2,5-8H2. The highest BCUT2D eigenvalue weighted by molar-refractivity contribution is 6.17. The summed E-state index contributed by atoms with van der Waals surface area (Å²) < 4.78 is 29.2. The van der Waals surface area contributed by atoms with Crippen LogP contribution in [0.3, 0.4) is 0 Å². The largest absolute Gasteiger partial charge is 0.325 e. The van der Waals surface area contributed by atoms with Crippen LogP contribution in [0, 0.1) is 17.6 Å². The molecule has 0 radical (unpaired) electrons. The first-order valence-electron chi connectivity index (χ1n) is 6.59. The van der Waals surface area contributed by atoms with Gasteiger partial charge in [-0.05, 0) is 24.5 Å². The fourth-order valence-electron chi connectivity index (χ4n) is 2.44. The van der Waals surface area contributed by atoms with E-state index in [1.165, 1.54) is 18.9 Å². The summed E-state index contributed by atoms with van der Waals surface area (Å²) in [6, 6.07) is 2.65. The molecule has 1 aliphatic rings. The minimum Gasteiger partial charge on any atom is -0.325 e. The van der Waals surface area contributed by atoms with Gasteiger partial charge in [0.15, 0.2) is 11.6 Å². The monoisotopic (exact) mass is 284 g/mol. The molecule has 1 heterocycles. The molecule has 0 aliphatic heterocycles. The Balaban J connectivity index is 2.06. The lowest BCUT2D eigenvalue weighted by atomic mass is 10.2. The number of hydrogen-bond acceptors (Lipinski definition) is 1. The summed E-state index contributed by atoms with van der Waals surface area (Å²) >= 11 is 5.76. The lowest BCUT2D eigenvalue weighted by Gasteiger charge is -2.08. The van der Waals surface area contributed by atoms with Crippen LogP contribution in [-0.2, 0) is 13.0 Å². The number of nitrogens with zero attached hydrogens (tertiary/aromatic N) is 2. The van der Waals surface area contributed by atoms with E-state index in [0.29, 0.717) is 24.4 Å². The molecule has 0 spiro atoms. The zero-order valence-corrected chi connectivity index (χ0v) is 11.3. The van der Waals surface area contributed by atoms with Gasteiger partial charge in [-0.1, -0.05) is 12.8 Å². The average Bonchev–Trinajstić information content (AvgIpc) is 3.15. The van der Waals surface area contributed by atoms with Crippen LogP contribution in [0.5, 0.6) is 0 Å². The Morgan fingerprint density at radius 3 is 2.79 bits per heavy atom. The number of benzene rings is 1. The zero-order valence-electron chi connectivity index (χ0n) is 10.5. The Morgan fingerprint density at radius 1 is 1.32 bits per heavy atom. The molecule has 0 unspecified atom stereocenters. The SMILES string of the molecule is Fc1ccc2nc(CCCl)n(CCC3CC3)c2c1F. The van der Waals surface area contributed by atoms with Crippen LogP contribution in [0.4, 0.5) is 8.78 Å². The predicted octanol–water partition coefficient (Wildman–Crippen LogP) is 3.90. The average molecular weight is 285 g/mol. The second-order valence-electron chi connectivity index (χ2n) is 5.08. The van der Waals surface area contributed by atoms with E-state index in [1.807, 2.05) is 0 Å². The molecule has 1 aromatic carbocycles. The quantitative estimate of drug-likeness (QED) is 0.762. The van der Waals surface area contributed by atoms with Gasteiger partial charge in [0.25, 0.3) is 0 Å². The second kappa shape index (κ2) is 5.08. The first-order chi connectivity index (χ1) is 9.20. The van der Waals surface area contributed by atoms with Gasteiger partial charge in [-0.2, -0.15) is 0 Å². The highest BCUT2D eigenvalue weighted by Crippen LogP contribution is 2.33. The third-order valence-corrected chi connectivity index (χ3v) is 3.84. The summed E-state index contributed by atoms with van der Waals surface area (Å²) in [7, 11) is 0. The van der Waals surface area contributed by atoms with Gasteiger partial charge in [-0.15, -0.1) is 11.6 Å². The molecule has 102 valence electrons. The highest BCUT2D eigenvalue weighted by Gasteiger charge is 2.23. The van der Waals surface area contributed by atoms with Gasteiger partial charge >= 0.3 is 0 Å². The van der Waals surface area contributed by atoms with Crippen molar-refractivity contribution in [2.24, 2.45) is 5.92 Å². The zero-order chi connectivity index (χ0) is 13.4. The fraction of sp³-hybridized carbons (Fsp3) is 0.500. The van der Waals surface area contributed by atoms with Crippen molar-refractivity contribution in [3.05, 3.63) is 29.6 Å². The molecule has 1 saturated carbocycles. The number of imidazole rings is 1. The Bertz CT molecular complexity index is 605. The summed E-state index contributed by atoms with van der Waals surface area (Å²) in [5.41, 5.74) is 0.788. The van der Waals surface area contributed by atoms with Crippen molar-refractivity contribution in [2.45, 2.75) is 32.2 Å². The van der Waals surface area contributed by atoms with E-state index in [4.69, 9.17) is 11.6 Å².